The summed E-state index contributed by atoms with van der Waals surface area (Å²) in [6.45, 7) is 0.437. The molecule has 0 saturated heterocycles. The van der Waals surface area contributed by atoms with Crippen LogP contribution in [0, 0.1) is 0 Å². The smallest absolute Gasteiger partial charge is 0.407 e. The van der Waals surface area contributed by atoms with Gasteiger partial charge in [0.2, 0.25) is 0 Å². The number of carboxylic acids is 1. The molecule has 0 unspecified atom stereocenters. The number of benzene rings is 1. The fourth-order valence-corrected chi connectivity index (χ4v) is 1.48. The molecule has 0 fully saturated rings. The van der Waals surface area contributed by atoms with E-state index in [1.54, 1.807) is 7.05 Å². The van der Waals surface area contributed by atoms with Gasteiger partial charge in [0.25, 0.3) is 0 Å². The summed E-state index contributed by atoms with van der Waals surface area (Å²) in [5.74, 6) is -0.943. The SMILES string of the molecule is CN[C@@H](CCNC(=O)OCc1ccccc1)C(=O)O. The van der Waals surface area contributed by atoms with Crippen molar-refractivity contribution in [3.8, 4) is 0 Å². The molecule has 0 aliphatic heterocycles. The van der Waals surface area contributed by atoms with Gasteiger partial charge in [-0.15, -0.1) is 0 Å². The molecule has 0 aliphatic rings. The molecule has 1 atom stereocenters. The molecular formula is C13H18N2O4. The van der Waals surface area contributed by atoms with E-state index >= 15 is 0 Å². The first-order valence-electron chi connectivity index (χ1n) is 5.98. The fourth-order valence-electron chi connectivity index (χ4n) is 1.48. The number of ether oxygens (including phenoxy) is 1. The van der Waals surface area contributed by atoms with Crippen molar-refractivity contribution in [3.05, 3.63) is 35.9 Å². The highest BCUT2D eigenvalue weighted by atomic mass is 16.5. The number of amides is 1. The summed E-state index contributed by atoms with van der Waals surface area (Å²) >= 11 is 0. The highest BCUT2D eigenvalue weighted by Crippen LogP contribution is 2.00. The Morgan fingerprint density at radius 3 is 2.58 bits per heavy atom. The highest BCUT2D eigenvalue weighted by molar-refractivity contribution is 5.73. The second-order valence-corrected chi connectivity index (χ2v) is 3.96. The van der Waals surface area contributed by atoms with E-state index in [1.807, 2.05) is 30.3 Å². The average Bonchev–Trinajstić information content (AvgIpc) is 2.42. The lowest BCUT2D eigenvalue weighted by atomic mass is 10.2. The van der Waals surface area contributed by atoms with Crippen molar-refractivity contribution in [1.82, 2.24) is 10.6 Å². The van der Waals surface area contributed by atoms with E-state index in [4.69, 9.17) is 9.84 Å². The van der Waals surface area contributed by atoms with Gasteiger partial charge >= 0.3 is 12.1 Å². The number of carboxylic acid groups (broad SMARTS) is 1. The van der Waals surface area contributed by atoms with Crippen molar-refractivity contribution in [2.24, 2.45) is 0 Å². The lowest BCUT2D eigenvalue weighted by Crippen LogP contribution is -2.37. The molecular weight excluding hydrogens is 248 g/mol. The number of alkyl carbamates (subject to hydrolysis) is 1. The Morgan fingerprint density at radius 1 is 1.32 bits per heavy atom. The Bertz CT molecular complexity index is 408. The lowest BCUT2D eigenvalue weighted by molar-refractivity contribution is -0.139. The van der Waals surface area contributed by atoms with Crippen LogP contribution in [0.25, 0.3) is 0 Å². The molecule has 6 heteroatoms. The van der Waals surface area contributed by atoms with Crippen LogP contribution in [-0.4, -0.2) is 36.8 Å². The van der Waals surface area contributed by atoms with Gasteiger partial charge in [0.15, 0.2) is 0 Å². The van der Waals surface area contributed by atoms with Crippen molar-refractivity contribution in [1.29, 1.82) is 0 Å². The molecule has 1 rings (SSSR count). The summed E-state index contributed by atoms with van der Waals surface area (Å²) < 4.78 is 4.99. The molecule has 19 heavy (non-hydrogen) atoms. The molecule has 3 N–H and O–H groups in total. The maximum atomic E-state index is 11.4. The highest BCUT2D eigenvalue weighted by Gasteiger charge is 2.14. The van der Waals surface area contributed by atoms with Crippen LogP contribution in [0.2, 0.25) is 0 Å². The van der Waals surface area contributed by atoms with E-state index in [0.717, 1.165) is 5.56 Å². The number of hydrogen-bond acceptors (Lipinski definition) is 4. The lowest BCUT2D eigenvalue weighted by Gasteiger charge is -2.11. The van der Waals surface area contributed by atoms with E-state index in [0.29, 0.717) is 6.42 Å². The minimum absolute atomic E-state index is 0.195. The third-order valence-corrected chi connectivity index (χ3v) is 2.56. The molecule has 0 heterocycles. The molecule has 0 spiro atoms. The van der Waals surface area contributed by atoms with Crippen LogP contribution in [0.5, 0.6) is 0 Å². The first-order valence-corrected chi connectivity index (χ1v) is 5.98. The molecule has 6 nitrogen and oxygen atoms in total. The van der Waals surface area contributed by atoms with Crippen LogP contribution in [0.1, 0.15) is 12.0 Å². The number of carbonyl (C=O) groups excluding carboxylic acids is 1. The number of carbonyl (C=O) groups is 2. The summed E-state index contributed by atoms with van der Waals surface area (Å²) in [5.41, 5.74) is 0.899. The second-order valence-electron chi connectivity index (χ2n) is 3.96. The van der Waals surface area contributed by atoms with Crippen LogP contribution in [0.3, 0.4) is 0 Å². The third kappa shape index (κ3) is 5.87. The Balaban J connectivity index is 2.20. The van der Waals surface area contributed by atoms with E-state index in [2.05, 4.69) is 10.6 Å². The van der Waals surface area contributed by atoms with E-state index in [9.17, 15) is 9.59 Å². The monoisotopic (exact) mass is 266 g/mol. The number of rotatable bonds is 7. The maximum Gasteiger partial charge on any atom is 0.407 e. The molecule has 1 aromatic carbocycles. The van der Waals surface area contributed by atoms with Crippen molar-refractivity contribution in [2.75, 3.05) is 13.6 Å². The van der Waals surface area contributed by atoms with Crippen LogP contribution >= 0.6 is 0 Å². The van der Waals surface area contributed by atoms with E-state index in [-0.39, 0.29) is 13.2 Å². The zero-order chi connectivity index (χ0) is 14.1. The van der Waals surface area contributed by atoms with Crippen LogP contribution < -0.4 is 10.6 Å². The average molecular weight is 266 g/mol. The largest absolute Gasteiger partial charge is 0.480 e. The maximum absolute atomic E-state index is 11.4. The van der Waals surface area contributed by atoms with Gasteiger partial charge in [0.05, 0.1) is 0 Å². The van der Waals surface area contributed by atoms with Crippen LogP contribution in [0.15, 0.2) is 30.3 Å². The molecule has 0 aromatic heterocycles. The Labute approximate surface area is 111 Å². The van der Waals surface area contributed by atoms with E-state index < -0.39 is 18.1 Å². The first kappa shape index (κ1) is 15.0. The molecule has 0 saturated carbocycles. The summed E-state index contributed by atoms with van der Waals surface area (Å²) in [7, 11) is 1.56. The van der Waals surface area contributed by atoms with Gasteiger partial charge in [0.1, 0.15) is 12.6 Å². The number of aliphatic carboxylic acids is 1. The van der Waals surface area contributed by atoms with Gasteiger partial charge in [-0.2, -0.15) is 0 Å². The summed E-state index contributed by atoms with van der Waals surface area (Å²) in [6.07, 6.45) is -0.254. The van der Waals surface area contributed by atoms with Crippen molar-refractivity contribution < 1.29 is 19.4 Å². The Morgan fingerprint density at radius 2 is 2.00 bits per heavy atom. The molecule has 1 aromatic rings. The minimum Gasteiger partial charge on any atom is -0.480 e. The zero-order valence-electron chi connectivity index (χ0n) is 10.8. The van der Waals surface area contributed by atoms with Crippen molar-refractivity contribution >= 4 is 12.1 Å². The van der Waals surface area contributed by atoms with Gasteiger partial charge in [-0.1, -0.05) is 30.3 Å². The van der Waals surface area contributed by atoms with Gasteiger partial charge in [-0.25, -0.2) is 4.79 Å². The van der Waals surface area contributed by atoms with Gasteiger partial charge in [-0.3, -0.25) is 4.79 Å². The predicted molar refractivity (Wildman–Crippen MR) is 69.7 cm³/mol. The summed E-state index contributed by atoms with van der Waals surface area (Å²) in [4.78, 5) is 22.1. The van der Waals surface area contributed by atoms with Crippen LogP contribution in [0.4, 0.5) is 4.79 Å². The predicted octanol–water partition coefficient (Wildman–Crippen LogP) is 0.975. The Kier molecular flexibility index (Phi) is 6.38. The number of nitrogens with one attached hydrogen (secondary N) is 2. The second kappa shape index (κ2) is 8.10. The summed E-state index contributed by atoms with van der Waals surface area (Å²) in [6, 6.07) is 8.65. The number of hydrogen-bond donors (Lipinski definition) is 3. The molecule has 104 valence electrons. The quantitative estimate of drug-likeness (QED) is 0.684. The van der Waals surface area contributed by atoms with Gasteiger partial charge in [-0.05, 0) is 19.0 Å². The standard InChI is InChI=1S/C13H18N2O4/c1-14-11(12(16)17)7-8-15-13(18)19-9-10-5-3-2-4-6-10/h2-6,11,14H,7-9H2,1H3,(H,15,18)(H,16,17)/t11-/m0/s1. The topological polar surface area (TPSA) is 87.7 Å². The van der Waals surface area contributed by atoms with Crippen LogP contribution in [-0.2, 0) is 16.1 Å². The molecule has 0 radical (unpaired) electrons. The van der Waals surface area contributed by atoms with Gasteiger partial charge < -0.3 is 20.5 Å². The number of likely N-dealkylation sites (N-methyl/N-ethyl adjacent to an activating group) is 1. The zero-order valence-corrected chi connectivity index (χ0v) is 10.8. The normalized spacial score (nSPS) is 11.6. The summed E-state index contributed by atoms with van der Waals surface area (Å²) in [5, 5.41) is 13.9. The van der Waals surface area contributed by atoms with Crippen molar-refractivity contribution in [3.63, 3.8) is 0 Å². The minimum atomic E-state index is -0.943. The molecule has 1 amide bonds. The first-order chi connectivity index (χ1) is 9.13. The Hall–Kier alpha value is -2.08. The van der Waals surface area contributed by atoms with E-state index in [1.165, 1.54) is 0 Å². The fraction of sp³-hybridized carbons (Fsp3) is 0.385. The third-order valence-electron chi connectivity index (χ3n) is 2.56. The van der Waals surface area contributed by atoms with Crippen molar-refractivity contribution in [2.45, 2.75) is 19.1 Å². The molecule has 0 aliphatic carbocycles. The van der Waals surface area contributed by atoms with Gasteiger partial charge in [0, 0.05) is 6.54 Å². The molecule has 0 bridgehead atoms.